The highest BCUT2D eigenvalue weighted by atomic mass is 28.3. The quantitative estimate of drug-likeness (QED) is 0.623. The molecule has 1 aliphatic heterocycles. The maximum atomic E-state index is 12.2. The molecule has 0 saturated carbocycles. The van der Waals surface area contributed by atoms with E-state index in [1.54, 1.807) is 4.90 Å². The van der Waals surface area contributed by atoms with E-state index in [2.05, 4.69) is 79.3 Å². The smallest absolute Gasteiger partial charge is 0.413 e. The van der Waals surface area contributed by atoms with Crippen molar-refractivity contribution in [2.24, 2.45) is 0 Å². The van der Waals surface area contributed by atoms with Gasteiger partial charge in [-0.25, -0.2) is 4.79 Å². The summed E-state index contributed by atoms with van der Waals surface area (Å²) < 4.78 is 5.18. The van der Waals surface area contributed by atoms with Crippen molar-refractivity contribution >= 4 is 29.7 Å². The molecule has 0 aliphatic carbocycles. The number of benzene rings is 3. The largest absolute Gasteiger partial charge is 0.447 e. The van der Waals surface area contributed by atoms with Crippen LogP contribution < -0.4 is 10.4 Å². The molecule has 28 heavy (non-hydrogen) atoms. The summed E-state index contributed by atoms with van der Waals surface area (Å²) in [5, 5.41) is 3.82. The van der Waals surface area contributed by atoms with Gasteiger partial charge in [0.1, 0.15) is 14.7 Å². The van der Waals surface area contributed by atoms with Gasteiger partial charge in [-0.1, -0.05) is 97.5 Å². The van der Waals surface area contributed by atoms with Crippen LogP contribution in [-0.2, 0) is 4.74 Å². The molecule has 4 rings (SSSR count). The Kier molecular flexibility index (Phi) is 5.13. The molecular weight excluding hydrogens is 362 g/mol. The number of amides is 1. The Morgan fingerprint density at radius 3 is 1.82 bits per heavy atom. The fraction of sp³-hybridized carbons (Fsp3) is 0.125. The molecule has 1 aliphatic rings. The lowest BCUT2D eigenvalue weighted by Crippen LogP contribution is -2.57. The molecular formula is C24H23NO2Si. The summed E-state index contributed by atoms with van der Waals surface area (Å²) in [6.07, 6.45) is 1.75. The van der Waals surface area contributed by atoms with E-state index in [0.717, 1.165) is 5.56 Å². The van der Waals surface area contributed by atoms with Gasteiger partial charge in [-0.05, 0) is 21.1 Å². The van der Waals surface area contributed by atoms with E-state index in [1.165, 1.54) is 15.6 Å². The van der Waals surface area contributed by atoms with Gasteiger partial charge in [-0.15, -0.1) is 0 Å². The second-order valence-electron chi connectivity index (χ2n) is 7.07. The summed E-state index contributed by atoms with van der Waals surface area (Å²) in [7, 11) is -2.36. The summed E-state index contributed by atoms with van der Waals surface area (Å²) in [6.45, 7) is 3.38. The van der Waals surface area contributed by atoms with Crippen LogP contribution in [0.5, 0.6) is 0 Å². The van der Waals surface area contributed by atoms with Crippen LogP contribution in [0, 0.1) is 0 Å². The maximum Gasteiger partial charge on any atom is 0.413 e. The minimum atomic E-state index is -2.36. The molecule has 0 atom stereocenters. The summed E-state index contributed by atoms with van der Waals surface area (Å²) in [6, 6.07) is 31.7. The first-order valence-electron chi connectivity index (χ1n) is 9.52. The van der Waals surface area contributed by atoms with Gasteiger partial charge in [-0.2, -0.15) is 0 Å². The molecule has 0 N–H and O–H groups in total. The fourth-order valence-corrected chi connectivity index (χ4v) is 7.64. The van der Waals surface area contributed by atoms with Gasteiger partial charge in [0.15, 0.2) is 0 Å². The topological polar surface area (TPSA) is 29.5 Å². The van der Waals surface area contributed by atoms with Crippen LogP contribution in [0.3, 0.4) is 0 Å². The molecule has 3 aromatic carbocycles. The lowest BCUT2D eigenvalue weighted by molar-refractivity contribution is 0.166. The predicted octanol–water partition coefficient (Wildman–Crippen LogP) is 3.91. The van der Waals surface area contributed by atoms with Crippen molar-refractivity contribution in [2.45, 2.75) is 6.55 Å². The molecule has 1 heterocycles. The first-order valence-corrected chi connectivity index (χ1v) is 12.0. The Labute approximate surface area is 166 Å². The van der Waals surface area contributed by atoms with Crippen molar-refractivity contribution < 1.29 is 9.53 Å². The van der Waals surface area contributed by atoms with Crippen LogP contribution in [0.2, 0.25) is 6.55 Å². The third-order valence-electron chi connectivity index (χ3n) is 5.40. The molecule has 3 aromatic rings. The lowest BCUT2D eigenvalue weighted by Gasteiger charge is -2.33. The maximum absolute atomic E-state index is 12.2. The Hall–Kier alpha value is -3.11. The van der Waals surface area contributed by atoms with Gasteiger partial charge < -0.3 is 4.74 Å². The molecule has 0 radical (unpaired) electrons. The monoisotopic (exact) mass is 385 g/mol. The van der Waals surface area contributed by atoms with Crippen LogP contribution in [0.4, 0.5) is 4.79 Å². The standard InChI is InChI=1S/C24H23NO2Si/c1-28(21-13-7-3-8-14-21,22-15-9-4-10-16-22)23(20-11-5-2-6-12-20)19-25-17-18-27-24(25)26/h2-16,19H,17-18H2,1H3/b23-19-. The first-order chi connectivity index (χ1) is 13.7. The first kappa shape index (κ1) is 18.3. The molecule has 0 unspecified atom stereocenters. The average molecular weight is 386 g/mol. The van der Waals surface area contributed by atoms with Crippen molar-refractivity contribution in [1.29, 1.82) is 0 Å². The SMILES string of the molecule is C[Si](/C(=C\N1CCOC1=O)c1ccccc1)(c1ccccc1)c1ccccc1. The summed E-state index contributed by atoms with van der Waals surface area (Å²) in [4.78, 5) is 13.9. The number of carbonyl (C=O) groups excluding carboxylic acids is 1. The van der Waals surface area contributed by atoms with Crippen LogP contribution in [0.25, 0.3) is 5.20 Å². The van der Waals surface area contributed by atoms with Gasteiger partial charge in [0, 0.05) is 6.20 Å². The lowest BCUT2D eigenvalue weighted by atomic mass is 10.2. The van der Waals surface area contributed by atoms with Crippen molar-refractivity contribution in [3.8, 4) is 0 Å². The summed E-state index contributed by atoms with van der Waals surface area (Å²) >= 11 is 0. The van der Waals surface area contributed by atoms with Crippen molar-refractivity contribution in [3.63, 3.8) is 0 Å². The van der Waals surface area contributed by atoms with Gasteiger partial charge in [0.05, 0.1) is 6.54 Å². The highest BCUT2D eigenvalue weighted by Gasteiger charge is 2.38. The third-order valence-corrected chi connectivity index (χ3v) is 9.87. The second kappa shape index (κ2) is 7.86. The van der Waals surface area contributed by atoms with Crippen LogP contribution in [0.15, 0.2) is 97.2 Å². The zero-order valence-corrected chi connectivity index (χ0v) is 16.9. The number of carbonyl (C=O) groups is 1. The molecule has 0 bridgehead atoms. The minimum Gasteiger partial charge on any atom is -0.447 e. The van der Waals surface area contributed by atoms with Crippen molar-refractivity contribution in [2.75, 3.05) is 13.2 Å². The van der Waals surface area contributed by atoms with Crippen LogP contribution >= 0.6 is 0 Å². The molecule has 3 nitrogen and oxygen atoms in total. The molecule has 0 aromatic heterocycles. The average Bonchev–Trinajstić information content (AvgIpc) is 3.18. The predicted molar refractivity (Wildman–Crippen MR) is 116 cm³/mol. The van der Waals surface area contributed by atoms with E-state index in [1.807, 2.05) is 24.4 Å². The Balaban J connectivity index is 1.97. The number of ether oxygens (including phenoxy) is 1. The number of nitrogens with zero attached hydrogens (tertiary/aromatic N) is 1. The number of rotatable bonds is 5. The van der Waals surface area contributed by atoms with E-state index in [4.69, 9.17) is 4.74 Å². The van der Waals surface area contributed by atoms with E-state index in [-0.39, 0.29) is 6.09 Å². The molecule has 0 spiro atoms. The minimum absolute atomic E-state index is 0.272. The molecule has 4 heteroatoms. The van der Waals surface area contributed by atoms with E-state index in [9.17, 15) is 4.79 Å². The molecule has 1 saturated heterocycles. The second-order valence-corrected chi connectivity index (χ2v) is 11.0. The fourth-order valence-electron chi connectivity index (χ4n) is 3.81. The van der Waals surface area contributed by atoms with E-state index in [0.29, 0.717) is 13.2 Å². The molecule has 140 valence electrons. The zero-order valence-electron chi connectivity index (χ0n) is 15.9. The highest BCUT2D eigenvalue weighted by Crippen LogP contribution is 2.27. The van der Waals surface area contributed by atoms with Crippen molar-refractivity contribution in [3.05, 3.63) is 103 Å². The van der Waals surface area contributed by atoms with Gasteiger partial charge in [-0.3, -0.25) is 4.90 Å². The van der Waals surface area contributed by atoms with Crippen LogP contribution in [0.1, 0.15) is 5.56 Å². The van der Waals surface area contributed by atoms with E-state index >= 15 is 0 Å². The molecule has 1 amide bonds. The normalized spacial score (nSPS) is 14.8. The number of hydrogen-bond acceptors (Lipinski definition) is 2. The highest BCUT2D eigenvalue weighted by molar-refractivity contribution is 7.14. The van der Waals surface area contributed by atoms with Gasteiger partial charge in [0.2, 0.25) is 0 Å². The van der Waals surface area contributed by atoms with Gasteiger partial charge in [0.25, 0.3) is 0 Å². The van der Waals surface area contributed by atoms with Gasteiger partial charge >= 0.3 is 6.09 Å². The summed E-state index contributed by atoms with van der Waals surface area (Å²) in [5.41, 5.74) is 1.14. The number of cyclic esters (lactones) is 1. The Morgan fingerprint density at radius 2 is 1.36 bits per heavy atom. The third kappa shape index (κ3) is 3.39. The Bertz CT molecular complexity index is 932. The summed E-state index contributed by atoms with van der Waals surface area (Å²) in [5.74, 6) is 0. The Morgan fingerprint density at radius 1 is 0.857 bits per heavy atom. The van der Waals surface area contributed by atoms with Crippen LogP contribution in [-0.4, -0.2) is 32.2 Å². The molecule has 1 fully saturated rings. The van der Waals surface area contributed by atoms with Crippen molar-refractivity contribution in [1.82, 2.24) is 4.90 Å². The van der Waals surface area contributed by atoms with E-state index < -0.39 is 8.07 Å². The zero-order chi connectivity index (χ0) is 19.4. The number of hydrogen-bond donors (Lipinski definition) is 0.